The number of nitrogens with zero attached hydrogens (tertiary/aromatic N) is 2. The number of nitrogen functional groups attached to an aromatic ring is 1. The molecule has 1 aromatic heterocycles. The first-order chi connectivity index (χ1) is 9.09. The van der Waals surface area contributed by atoms with Crippen LogP contribution < -0.4 is 5.73 Å². The van der Waals surface area contributed by atoms with E-state index in [4.69, 9.17) is 17.3 Å². The molecular formula is C13H8ClF2N3. The Balaban J connectivity index is 2.40. The van der Waals surface area contributed by atoms with Crippen LogP contribution in [-0.2, 0) is 0 Å². The molecule has 0 saturated heterocycles. The van der Waals surface area contributed by atoms with Crippen LogP contribution in [0.3, 0.4) is 0 Å². The van der Waals surface area contributed by atoms with Crippen LogP contribution in [0.15, 0.2) is 36.4 Å². The Kier molecular flexibility index (Phi) is 2.64. The lowest BCUT2D eigenvalue weighted by molar-refractivity contribution is 0.620. The van der Waals surface area contributed by atoms with Gasteiger partial charge >= 0.3 is 0 Å². The van der Waals surface area contributed by atoms with Gasteiger partial charge in [0.05, 0.1) is 16.2 Å². The van der Waals surface area contributed by atoms with Crippen molar-refractivity contribution in [1.29, 1.82) is 0 Å². The van der Waals surface area contributed by atoms with Gasteiger partial charge in [-0.25, -0.2) is 13.8 Å². The van der Waals surface area contributed by atoms with Gasteiger partial charge in [-0.1, -0.05) is 23.7 Å². The quantitative estimate of drug-likeness (QED) is 0.740. The minimum absolute atomic E-state index is 0.00117. The van der Waals surface area contributed by atoms with Gasteiger partial charge in [0, 0.05) is 0 Å². The number of rotatable bonds is 1. The first-order valence-electron chi connectivity index (χ1n) is 5.46. The van der Waals surface area contributed by atoms with E-state index >= 15 is 0 Å². The molecule has 0 atom stereocenters. The standard InChI is InChI=1S/C13H8ClF2N3/c14-7-3-1-5-9(11(7)16)19-10-6-2-4-8(15)12(10)18-13(19)17/h1-6H,(H2,17,18). The Hall–Kier alpha value is -2.14. The predicted molar refractivity (Wildman–Crippen MR) is 70.4 cm³/mol. The van der Waals surface area contributed by atoms with Crippen LogP contribution in [0.2, 0.25) is 5.02 Å². The molecule has 1 heterocycles. The normalized spacial score (nSPS) is 11.1. The Morgan fingerprint density at radius 3 is 2.63 bits per heavy atom. The Bertz CT molecular complexity index is 783. The van der Waals surface area contributed by atoms with Crippen molar-refractivity contribution in [2.24, 2.45) is 0 Å². The van der Waals surface area contributed by atoms with E-state index < -0.39 is 11.6 Å². The van der Waals surface area contributed by atoms with E-state index in [9.17, 15) is 8.78 Å². The zero-order valence-electron chi connectivity index (χ0n) is 9.57. The number of hydrogen-bond acceptors (Lipinski definition) is 2. The number of imidazole rings is 1. The van der Waals surface area contributed by atoms with E-state index in [1.807, 2.05) is 0 Å². The summed E-state index contributed by atoms with van der Waals surface area (Å²) in [5.74, 6) is -1.13. The van der Waals surface area contributed by atoms with Crippen LogP contribution in [0.1, 0.15) is 0 Å². The lowest BCUT2D eigenvalue weighted by atomic mass is 10.2. The van der Waals surface area contributed by atoms with Crippen LogP contribution in [0.25, 0.3) is 16.7 Å². The van der Waals surface area contributed by atoms with E-state index in [1.165, 1.54) is 28.8 Å². The highest BCUT2D eigenvalue weighted by molar-refractivity contribution is 6.30. The van der Waals surface area contributed by atoms with Gasteiger partial charge < -0.3 is 5.73 Å². The second-order valence-corrected chi connectivity index (χ2v) is 4.39. The first kappa shape index (κ1) is 11.9. The van der Waals surface area contributed by atoms with Gasteiger partial charge in [0.1, 0.15) is 5.52 Å². The van der Waals surface area contributed by atoms with Crippen LogP contribution in [0, 0.1) is 11.6 Å². The fraction of sp³-hybridized carbons (Fsp3) is 0. The third-order valence-electron chi connectivity index (χ3n) is 2.83. The van der Waals surface area contributed by atoms with Gasteiger partial charge in [-0.05, 0) is 24.3 Å². The second-order valence-electron chi connectivity index (χ2n) is 3.99. The molecule has 0 aliphatic carbocycles. The summed E-state index contributed by atoms with van der Waals surface area (Å²) in [6.45, 7) is 0. The fourth-order valence-corrected chi connectivity index (χ4v) is 2.17. The van der Waals surface area contributed by atoms with Crippen LogP contribution in [-0.4, -0.2) is 9.55 Å². The molecule has 0 aliphatic rings. The average Bonchev–Trinajstić information content (AvgIpc) is 2.71. The highest BCUT2D eigenvalue weighted by Gasteiger charge is 2.16. The van der Waals surface area contributed by atoms with Crippen LogP contribution in [0.5, 0.6) is 0 Å². The summed E-state index contributed by atoms with van der Waals surface area (Å²) in [5.41, 5.74) is 6.37. The maximum Gasteiger partial charge on any atom is 0.206 e. The third-order valence-corrected chi connectivity index (χ3v) is 3.13. The molecule has 0 aliphatic heterocycles. The van der Waals surface area contributed by atoms with E-state index in [0.29, 0.717) is 5.52 Å². The molecule has 3 aromatic rings. The highest BCUT2D eigenvalue weighted by atomic mass is 35.5. The van der Waals surface area contributed by atoms with E-state index in [0.717, 1.165) is 0 Å². The molecule has 0 saturated carbocycles. The number of hydrogen-bond donors (Lipinski definition) is 1. The smallest absolute Gasteiger partial charge is 0.206 e. The molecule has 6 heteroatoms. The number of aromatic nitrogens is 2. The topological polar surface area (TPSA) is 43.8 Å². The molecule has 0 unspecified atom stereocenters. The van der Waals surface area contributed by atoms with Gasteiger partial charge in [-0.2, -0.15) is 0 Å². The molecule has 96 valence electrons. The Morgan fingerprint density at radius 1 is 1.11 bits per heavy atom. The predicted octanol–water partition coefficient (Wildman–Crippen LogP) is 3.54. The maximum absolute atomic E-state index is 14.0. The number of benzene rings is 2. The van der Waals surface area contributed by atoms with Crippen molar-refractivity contribution in [2.45, 2.75) is 0 Å². The van der Waals surface area contributed by atoms with E-state index in [-0.39, 0.29) is 22.2 Å². The van der Waals surface area contributed by atoms with Crippen molar-refractivity contribution in [3.8, 4) is 5.69 Å². The molecular weight excluding hydrogens is 272 g/mol. The van der Waals surface area contributed by atoms with Gasteiger partial charge in [-0.3, -0.25) is 4.57 Å². The number of fused-ring (bicyclic) bond motifs is 1. The minimum Gasteiger partial charge on any atom is -0.369 e. The average molecular weight is 280 g/mol. The molecule has 19 heavy (non-hydrogen) atoms. The van der Waals surface area contributed by atoms with Crippen LogP contribution in [0.4, 0.5) is 14.7 Å². The summed E-state index contributed by atoms with van der Waals surface area (Å²) >= 11 is 5.74. The zero-order valence-corrected chi connectivity index (χ0v) is 10.3. The second kappa shape index (κ2) is 4.20. The fourth-order valence-electron chi connectivity index (χ4n) is 2.00. The number of halogens is 3. The van der Waals surface area contributed by atoms with Crippen LogP contribution >= 0.6 is 11.6 Å². The van der Waals surface area contributed by atoms with E-state index in [2.05, 4.69) is 4.98 Å². The summed E-state index contributed by atoms with van der Waals surface area (Å²) in [6.07, 6.45) is 0. The molecule has 0 radical (unpaired) electrons. The summed E-state index contributed by atoms with van der Waals surface area (Å²) < 4.78 is 29.0. The summed E-state index contributed by atoms with van der Waals surface area (Å²) in [7, 11) is 0. The summed E-state index contributed by atoms with van der Waals surface area (Å²) in [6, 6.07) is 8.92. The SMILES string of the molecule is Nc1nc2c(F)cccc2n1-c1cccc(Cl)c1F. The lowest BCUT2D eigenvalue weighted by Gasteiger charge is -2.08. The summed E-state index contributed by atoms with van der Waals surface area (Å²) in [5, 5.41) is -0.0323. The van der Waals surface area contributed by atoms with Gasteiger partial charge in [0.2, 0.25) is 5.95 Å². The molecule has 3 rings (SSSR count). The molecule has 3 nitrogen and oxygen atoms in total. The van der Waals surface area contributed by atoms with Gasteiger partial charge in [0.25, 0.3) is 0 Å². The number of nitrogens with two attached hydrogens (primary N) is 1. The molecule has 0 fully saturated rings. The number of anilines is 1. The lowest BCUT2D eigenvalue weighted by Crippen LogP contribution is -2.03. The largest absolute Gasteiger partial charge is 0.369 e. The van der Waals surface area contributed by atoms with E-state index in [1.54, 1.807) is 12.1 Å². The molecule has 2 aromatic carbocycles. The van der Waals surface area contributed by atoms with Gasteiger partial charge in [0.15, 0.2) is 11.6 Å². The highest BCUT2D eigenvalue weighted by Crippen LogP contribution is 2.28. The molecule has 0 spiro atoms. The first-order valence-corrected chi connectivity index (χ1v) is 5.84. The monoisotopic (exact) mass is 279 g/mol. The third kappa shape index (κ3) is 1.74. The molecule has 2 N–H and O–H groups in total. The van der Waals surface area contributed by atoms with Crippen molar-refractivity contribution in [3.63, 3.8) is 0 Å². The Morgan fingerprint density at radius 2 is 1.84 bits per heavy atom. The minimum atomic E-state index is -0.626. The molecule has 0 amide bonds. The van der Waals surface area contributed by atoms with Crippen molar-refractivity contribution in [1.82, 2.24) is 9.55 Å². The van der Waals surface area contributed by atoms with Crippen molar-refractivity contribution >= 4 is 28.6 Å². The maximum atomic E-state index is 14.0. The number of para-hydroxylation sites is 1. The zero-order chi connectivity index (χ0) is 13.6. The van der Waals surface area contributed by atoms with Crippen molar-refractivity contribution < 1.29 is 8.78 Å². The summed E-state index contributed by atoms with van der Waals surface area (Å²) in [4.78, 5) is 3.92. The van der Waals surface area contributed by atoms with Crippen molar-refractivity contribution in [3.05, 3.63) is 53.1 Å². The molecule has 0 bridgehead atoms. The Labute approximate surface area is 112 Å². The van der Waals surface area contributed by atoms with Crippen molar-refractivity contribution in [2.75, 3.05) is 5.73 Å². The van der Waals surface area contributed by atoms with Gasteiger partial charge in [-0.15, -0.1) is 0 Å².